The summed E-state index contributed by atoms with van der Waals surface area (Å²) in [5.41, 5.74) is 1.16. The number of H-pyrrole nitrogens is 1. The fourth-order valence-corrected chi connectivity index (χ4v) is 3.20. The number of nitrogens with one attached hydrogen (secondary N) is 1. The zero-order valence-corrected chi connectivity index (χ0v) is 14.8. The average Bonchev–Trinajstić information content (AvgIpc) is 3.09. The van der Waals surface area contributed by atoms with Crippen molar-refractivity contribution in [2.24, 2.45) is 0 Å². The van der Waals surface area contributed by atoms with Crippen molar-refractivity contribution in [2.45, 2.75) is 45.1 Å². The van der Waals surface area contributed by atoms with Gasteiger partial charge in [0.05, 0.1) is 6.61 Å². The van der Waals surface area contributed by atoms with Gasteiger partial charge in [-0.1, -0.05) is 30.3 Å². The van der Waals surface area contributed by atoms with E-state index < -0.39 is 0 Å². The van der Waals surface area contributed by atoms with Crippen LogP contribution in [0.5, 0.6) is 0 Å². The van der Waals surface area contributed by atoms with Crippen LogP contribution in [0.25, 0.3) is 0 Å². The Bertz CT molecular complexity index is 671. The summed E-state index contributed by atoms with van der Waals surface area (Å²) in [6, 6.07) is 10.1. The Balaban J connectivity index is 1.37. The zero-order chi connectivity index (χ0) is 17.5. The molecular weight excluding hydrogens is 316 g/mol. The number of piperidine rings is 1. The number of likely N-dealkylation sites (tertiary alicyclic amines) is 1. The molecule has 3 rings (SSSR count). The number of aromatic amines is 1. The van der Waals surface area contributed by atoms with Gasteiger partial charge in [-0.3, -0.25) is 9.89 Å². The highest BCUT2D eigenvalue weighted by Crippen LogP contribution is 2.24. The maximum Gasteiger partial charge on any atom is 0.222 e. The molecule has 0 saturated carbocycles. The predicted molar refractivity (Wildman–Crippen MR) is 95.0 cm³/mol. The minimum atomic E-state index is 0.209. The summed E-state index contributed by atoms with van der Waals surface area (Å²) < 4.78 is 5.66. The normalized spacial score (nSPS) is 17.6. The summed E-state index contributed by atoms with van der Waals surface area (Å²) in [5.74, 6) is 2.12. The van der Waals surface area contributed by atoms with E-state index in [9.17, 15) is 4.79 Å². The van der Waals surface area contributed by atoms with Crippen molar-refractivity contribution >= 4 is 5.91 Å². The van der Waals surface area contributed by atoms with Gasteiger partial charge in [0.2, 0.25) is 5.91 Å². The molecule has 2 heterocycles. The van der Waals surface area contributed by atoms with E-state index in [-0.39, 0.29) is 11.8 Å². The summed E-state index contributed by atoms with van der Waals surface area (Å²) in [5, 5.41) is 7.15. The van der Waals surface area contributed by atoms with Gasteiger partial charge in [-0.15, -0.1) is 0 Å². The SMILES string of the molecule is Cc1nc([C@@H]2CCCN(C(=O)CCCOCc3ccccc3)C2)n[nH]1. The molecular formula is C19H26N4O2. The monoisotopic (exact) mass is 342 g/mol. The molecule has 6 heteroatoms. The van der Waals surface area contributed by atoms with Gasteiger partial charge in [-0.25, -0.2) is 4.98 Å². The standard InChI is InChI=1S/C19H26N4O2/c1-15-20-19(22-21-15)17-9-5-11-23(13-17)18(24)10-6-12-25-14-16-7-3-2-4-8-16/h2-4,7-8,17H,5-6,9-14H2,1H3,(H,20,21,22)/t17-/m1/s1. The molecule has 0 radical (unpaired) electrons. The van der Waals surface area contributed by atoms with Crippen molar-refractivity contribution < 1.29 is 9.53 Å². The molecule has 1 atom stereocenters. The lowest BCUT2D eigenvalue weighted by Gasteiger charge is -2.31. The molecule has 0 bridgehead atoms. The fourth-order valence-electron chi connectivity index (χ4n) is 3.20. The molecule has 1 aromatic heterocycles. The fraction of sp³-hybridized carbons (Fsp3) is 0.526. The van der Waals surface area contributed by atoms with Gasteiger partial charge in [0.1, 0.15) is 5.82 Å². The predicted octanol–water partition coefficient (Wildman–Crippen LogP) is 2.82. The lowest BCUT2D eigenvalue weighted by Crippen LogP contribution is -2.39. The molecule has 1 aromatic carbocycles. The molecule has 1 fully saturated rings. The number of aryl methyl sites for hydroxylation is 1. The molecule has 25 heavy (non-hydrogen) atoms. The molecule has 1 aliphatic rings. The first-order chi connectivity index (χ1) is 12.2. The largest absolute Gasteiger partial charge is 0.377 e. The number of hydrogen-bond acceptors (Lipinski definition) is 4. The van der Waals surface area contributed by atoms with Crippen LogP contribution in [-0.2, 0) is 16.1 Å². The Morgan fingerprint density at radius 1 is 1.36 bits per heavy atom. The number of nitrogens with zero attached hydrogens (tertiary/aromatic N) is 3. The third-order valence-corrected chi connectivity index (χ3v) is 4.54. The molecule has 1 N–H and O–H groups in total. The first-order valence-electron chi connectivity index (χ1n) is 9.00. The molecule has 134 valence electrons. The van der Waals surface area contributed by atoms with Gasteiger partial charge in [0, 0.05) is 32.0 Å². The first-order valence-corrected chi connectivity index (χ1v) is 9.00. The van der Waals surface area contributed by atoms with Crippen LogP contribution < -0.4 is 0 Å². The van der Waals surface area contributed by atoms with E-state index in [1.54, 1.807) is 0 Å². The van der Waals surface area contributed by atoms with Gasteiger partial charge < -0.3 is 9.64 Å². The summed E-state index contributed by atoms with van der Waals surface area (Å²) in [6.45, 7) is 4.67. The quantitative estimate of drug-likeness (QED) is 0.786. The lowest BCUT2D eigenvalue weighted by atomic mass is 9.97. The van der Waals surface area contributed by atoms with Crippen LogP contribution in [0.2, 0.25) is 0 Å². The zero-order valence-electron chi connectivity index (χ0n) is 14.8. The topological polar surface area (TPSA) is 71.1 Å². The number of amides is 1. The van der Waals surface area contributed by atoms with Crippen molar-refractivity contribution in [2.75, 3.05) is 19.7 Å². The second-order valence-corrected chi connectivity index (χ2v) is 6.60. The Morgan fingerprint density at radius 2 is 2.20 bits per heavy atom. The van der Waals surface area contributed by atoms with Crippen LogP contribution in [0.15, 0.2) is 30.3 Å². The minimum Gasteiger partial charge on any atom is -0.377 e. The van der Waals surface area contributed by atoms with Crippen LogP contribution >= 0.6 is 0 Å². The highest BCUT2D eigenvalue weighted by Gasteiger charge is 2.26. The molecule has 2 aromatic rings. The number of aromatic nitrogens is 3. The molecule has 0 unspecified atom stereocenters. The van der Waals surface area contributed by atoms with E-state index in [4.69, 9.17) is 4.74 Å². The smallest absolute Gasteiger partial charge is 0.222 e. The number of benzene rings is 1. The Labute approximate surface area is 148 Å². The number of rotatable bonds is 7. The van der Waals surface area contributed by atoms with Crippen LogP contribution in [0.4, 0.5) is 0 Å². The highest BCUT2D eigenvalue weighted by molar-refractivity contribution is 5.76. The third-order valence-electron chi connectivity index (χ3n) is 4.54. The van der Waals surface area contributed by atoms with Crippen LogP contribution in [-0.4, -0.2) is 45.7 Å². The van der Waals surface area contributed by atoms with Gasteiger partial charge >= 0.3 is 0 Å². The minimum absolute atomic E-state index is 0.209. The maximum atomic E-state index is 12.4. The molecule has 0 aliphatic carbocycles. The number of carbonyl (C=O) groups is 1. The van der Waals surface area contributed by atoms with E-state index in [0.717, 1.165) is 49.6 Å². The molecule has 1 saturated heterocycles. The van der Waals surface area contributed by atoms with E-state index in [1.807, 2.05) is 42.2 Å². The summed E-state index contributed by atoms with van der Waals surface area (Å²) in [4.78, 5) is 18.8. The van der Waals surface area contributed by atoms with Crippen LogP contribution in [0.3, 0.4) is 0 Å². The number of hydrogen-bond donors (Lipinski definition) is 1. The van der Waals surface area contributed by atoms with Crippen molar-refractivity contribution in [1.82, 2.24) is 20.1 Å². The van der Waals surface area contributed by atoms with E-state index >= 15 is 0 Å². The molecule has 0 spiro atoms. The Morgan fingerprint density at radius 3 is 2.96 bits per heavy atom. The Hall–Kier alpha value is -2.21. The van der Waals surface area contributed by atoms with Crippen molar-refractivity contribution in [3.63, 3.8) is 0 Å². The summed E-state index contributed by atoms with van der Waals surface area (Å²) >= 11 is 0. The maximum absolute atomic E-state index is 12.4. The Kier molecular flexibility index (Phi) is 6.17. The highest BCUT2D eigenvalue weighted by atomic mass is 16.5. The average molecular weight is 342 g/mol. The van der Waals surface area contributed by atoms with Crippen LogP contribution in [0, 0.1) is 6.92 Å². The van der Waals surface area contributed by atoms with E-state index in [1.165, 1.54) is 0 Å². The molecule has 1 amide bonds. The second-order valence-electron chi connectivity index (χ2n) is 6.60. The van der Waals surface area contributed by atoms with Gasteiger partial charge in [0.15, 0.2) is 5.82 Å². The lowest BCUT2D eigenvalue weighted by molar-refractivity contribution is -0.132. The first kappa shape index (κ1) is 17.6. The van der Waals surface area contributed by atoms with Crippen molar-refractivity contribution in [3.05, 3.63) is 47.5 Å². The number of carbonyl (C=O) groups excluding carboxylic acids is 1. The second kappa shape index (κ2) is 8.76. The van der Waals surface area contributed by atoms with Crippen LogP contribution in [0.1, 0.15) is 48.8 Å². The van der Waals surface area contributed by atoms with E-state index in [0.29, 0.717) is 19.6 Å². The van der Waals surface area contributed by atoms with Crippen molar-refractivity contribution in [1.29, 1.82) is 0 Å². The van der Waals surface area contributed by atoms with Gasteiger partial charge in [-0.05, 0) is 31.7 Å². The third kappa shape index (κ3) is 5.13. The summed E-state index contributed by atoms with van der Waals surface area (Å²) in [7, 11) is 0. The van der Waals surface area contributed by atoms with Gasteiger partial charge in [0.25, 0.3) is 0 Å². The van der Waals surface area contributed by atoms with Gasteiger partial charge in [-0.2, -0.15) is 5.10 Å². The van der Waals surface area contributed by atoms with E-state index in [2.05, 4.69) is 15.2 Å². The summed E-state index contributed by atoms with van der Waals surface area (Å²) in [6.07, 6.45) is 3.34. The molecule has 1 aliphatic heterocycles. The molecule has 6 nitrogen and oxygen atoms in total. The number of ether oxygens (including phenoxy) is 1. The van der Waals surface area contributed by atoms with Crippen molar-refractivity contribution in [3.8, 4) is 0 Å².